The fourth-order valence-electron chi connectivity index (χ4n) is 2.32. The summed E-state index contributed by atoms with van der Waals surface area (Å²) in [5.41, 5.74) is 2.25. The zero-order chi connectivity index (χ0) is 19.2. The maximum Gasteiger partial charge on any atom is 0.337 e. The molecule has 0 aliphatic rings. The number of benzene rings is 2. The minimum Gasteiger partial charge on any atom is -0.497 e. The maximum absolute atomic E-state index is 11.5. The number of carbonyl (C=O) groups is 1. The van der Waals surface area contributed by atoms with Gasteiger partial charge in [-0.25, -0.2) is 4.79 Å². The standard InChI is InChI=1S/C19H18N2O5S/c1-23-15-8-14(9-16(10-15)24-2)17-20-21-19(26-17)27-11-12-4-6-13(7-5-12)18(22)25-3/h4-10H,11H2,1-3H3. The zero-order valence-corrected chi connectivity index (χ0v) is 15.9. The number of methoxy groups -OCH3 is 3. The summed E-state index contributed by atoms with van der Waals surface area (Å²) in [5.74, 6) is 1.94. The Bertz CT molecular complexity index is 902. The summed E-state index contributed by atoms with van der Waals surface area (Å²) in [4.78, 5) is 11.5. The van der Waals surface area contributed by atoms with E-state index in [2.05, 4.69) is 14.9 Å². The van der Waals surface area contributed by atoms with Crippen LogP contribution in [0.3, 0.4) is 0 Å². The first-order chi connectivity index (χ1) is 13.1. The van der Waals surface area contributed by atoms with Crippen LogP contribution < -0.4 is 9.47 Å². The molecule has 27 heavy (non-hydrogen) atoms. The molecule has 3 rings (SSSR count). The Balaban J connectivity index is 1.69. The molecule has 0 aliphatic carbocycles. The summed E-state index contributed by atoms with van der Waals surface area (Å²) in [6, 6.07) is 12.6. The van der Waals surface area contributed by atoms with Crippen LogP contribution in [0.15, 0.2) is 52.1 Å². The van der Waals surface area contributed by atoms with Crippen LogP contribution in [0, 0.1) is 0 Å². The third-order valence-electron chi connectivity index (χ3n) is 3.74. The highest BCUT2D eigenvalue weighted by Crippen LogP contribution is 2.31. The van der Waals surface area contributed by atoms with Crippen molar-refractivity contribution in [3.05, 3.63) is 53.6 Å². The second kappa shape index (κ2) is 8.59. The van der Waals surface area contributed by atoms with E-state index in [4.69, 9.17) is 13.9 Å². The quantitative estimate of drug-likeness (QED) is 0.447. The Hall–Kier alpha value is -3.00. The van der Waals surface area contributed by atoms with Crippen molar-refractivity contribution >= 4 is 17.7 Å². The summed E-state index contributed by atoms with van der Waals surface area (Å²) >= 11 is 1.41. The van der Waals surface area contributed by atoms with Crippen LogP contribution in [0.4, 0.5) is 0 Å². The number of rotatable bonds is 7. The zero-order valence-electron chi connectivity index (χ0n) is 15.1. The van der Waals surface area contributed by atoms with Crippen molar-refractivity contribution in [1.29, 1.82) is 0 Å². The van der Waals surface area contributed by atoms with Gasteiger partial charge in [0.2, 0.25) is 5.89 Å². The van der Waals surface area contributed by atoms with Gasteiger partial charge in [-0.1, -0.05) is 23.9 Å². The maximum atomic E-state index is 11.5. The Morgan fingerprint density at radius 2 is 1.67 bits per heavy atom. The Morgan fingerprint density at radius 1 is 1.00 bits per heavy atom. The van der Waals surface area contributed by atoms with E-state index >= 15 is 0 Å². The lowest BCUT2D eigenvalue weighted by Crippen LogP contribution is -2.00. The van der Waals surface area contributed by atoms with Crippen LogP contribution in [0.25, 0.3) is 11.5 Å². The van der Waals surface area contributed by atoms with Crippen molar-refractivity contribution in [2.45, 2.75) is 11.0 Å². The van der Waals surface area contributed by atoms with Gasteiger partial charge in [0, 0.05) is 17.4 Å². The smallest absolute Gasteiger partial charge is 0.337 e. The molecule has 1 aromatic heterocycles. The lowest BCUT2D eigenvalue weighted by Gasteiger charge is -2.05. The van der Waals surface area contributed by atoms with Crippen molar-refractivity contribution in [3.8, 4) is 23.0 Å². The number of nitrogens with zero attached hydrogens (tertiary/aromatic N) is 2. The largest absolute Gasteiger partial charge is 0.497 e. The molecule has 0 unspecified atom stereocenters. The number of esters is 1. The molecule has 0 atom stereocenters. The molecule has 0 bridgehead atoms. The van der Waals surface area contributed by atoms with Gasteiger partial charge in [0.05, 0.1) is 26.9 Å². The summed E-state index contributed by atoms with van der Waals surface area (Å²) in [6.07, 6.45) is 0. The van der Waals surface area contributed by atoms with Gasteiger partial charge in [0.15, 0.2) is 0 Å². The Labute approximate surface area is 160 Å². The molecule has 0 N–H and O–H groups in total. The minimum atomic E-state index is -0.357. The van der Waals surface area contributed by atoms with Gasteiger partial charge < -0.3 is 18.6 Å². The summed E-state index contributed by atoms with van der Waals surface area (Å²) in [7, 11) is 4.52. The molecule has 3 aromatic rings. The van der Waals surface area contributed by atoms with E-state index in [9.17, 15) is 4.79 Å². The highest BCUT2D eigenvalue weighted by atomic mass is 32.2. The SMILES string of the molecule is COC(=O)c1ccc(CSc2nnc(-c3cc(OC)cc(OC)c3)o2)cc1. The number of aromatic nitrogens is 2. The third kappa shape index (κ3) is 4.59. The predicted octanol–water partition coefficient (Wildman–Crippen LogP) is 3.83. The number of carbonyl (C=O) groups excluding carboxylic acids is 1. The normalized spacial score (nSPS) is 10.5. The van der Waals surface area contributed by atoms with Crippen LogP contribution >= 0.6 is 11.8 Å². The van der Waals surface area contributed by atoms with Crippen molar-refractivity contribution in [3.63, 3.8) is 0 Å². The summed E-state index contributed by atoms with van der Waals surface area (Å²) < 4.78 is 20.9. The molecule has 0 saturated heterocycles. The fraction of sp³-hybridized carbons (Fsp3) is 0.211. The molecule has 0 spiro atoms. The van der Waals surface area contributed by atoms with Crippen molar-refractivity contribution in [2.75, 3.05) is 21.3 Å². The molecule has 1 heterocycles. The molecule has 0 amide bonds. The van der Waals surface area contributed by atoms with Crippen molar-refractivity contribution in [2.24, 2.45) is 0 Å². The van der Waals surface area contributed by atoms with Gasteiger partial charge in [-0.05, 0) is 29.8 Å². The van der Waals surface area contributed by atoms with E-state index < -0.39 is 0 Å². The minimum absolute atomic E-state index is 0.357. The second-order valence-electron chi connectivity index (χ2n) is 5.45. The van der Waals surface area contributed by atoms with E-state index in [1.54, 1.807) is 44.6 Å². The van der Waals surface area contributed by atoms with Gasteiger partial charge >= 0.3 is 5.97 Å². The van der Waals surface area contributed by atoms with Crippen LogP contribution in [0.1, 0.15) is 15.9 Å². The van der Waals surface area contributed by atoms with Crippen LogP contribution in [-0.4, -0.2) is 37.5 Å². The van der Waals surface area contributed by atoms with E-state index in [0.717, 1.165) is 5.56 Å². The second-order valence-corrected chi connectivity index (χ2v) is 6.38. The molecule has 0 aliphatic heterocycles. The summed E-state index contributed by atoms with van der Waals surface area (Å²) in [5, 5.41) is 8.60. The highest BCUT2D eigenvalue weighted by molar-refractivity contribution is 7.98. The number of ether oxygens (including phenoxy) is 3. The lowest BCUT2D eigenvalue weighted by molar-refractivity contribution is 0.0600. The highest BCUT2D eigenvalue weighted by Gasteiger charge is 2.12. The lowest BCUT2D eigenvalue weighted by atomic mass is 10.1. The fourth-order valence-corrected chi connectivity index (χ4v) is 3.03. The van der Waals surface area contributed by atoms with Gasteiger partial charge in [-0.2, -0.15) is 0 Å². The monoisotopic (exact) mass is 386 g/mol. The van der Waals surface area contributed by atoms with Crippen LogP contribution in [0.2, 0.25) is 0 Å². The third-order valence-corrected chi connectivity index (χ3v) is 4.63. The van der Waals surface area contributed by atoms with E-state index in [0.29, 0.717) is 39.5 Å². The van der Waals surface area contributed by atoms with Gasteiger partial charge in [0.1, 0.15) is 11.5 Å². The van der Waals surface area contributed by atoms with Crippen LogP contribution in [0.5, 0.6) is 11.5 Å². The molecular weight excluding hydrogens is 368 g/mol. The van der Waals surface area contributed by atoms with Crippen molar-refractivity contribution < 1.29 is 23.4 Å². The first-order valence-corrected chi connectivity index (χ1v) is 8.98. The molecule has 0 radical (unpaired) electrons. The van der Waals surface area contributed by atoms with Crippen LogP contribution in [-0.2, 0) is 10.5 Å². The van der Waals surface area contributed by atoms with E-state index in [1.807, 2.05) is 12.1 Å². The number of hydrogen-bond acceptors (Lipinski definition) is 8. The van der Waals surface area contributed by atoms with E-state index in [1.165, 1.54) is 18.9 Å². The van der Waals surface area contributed by atoms with Gasteiger partial charge in [0.25, 0.3) is 5.22 Å². The average molecular weight is 386 g/mol. The molecule has 0 saturated carbocycles. The molecule has 8 heteroatoms. The first-order valence-electron chi connectivity index (χ1n) is 8.00. The number of thioether (sulfide) groups is 1. The molecule has 2 aromatic carbocycles. The van der Waals surface area contributed by atoms with Crippen molar-refractivity contribution in [1.82, 2.24) is 10.2 Å². The first kappa shape index (κ1) is 18.8. The predicted molar refractivity (Wildman–Crippen MR) is 100 cm³/mol. The summed E-state index contributed by atoms with van der Waals surface area (Å²) in [6.45, 7) is 0. The molecule has 7 nitrogen and oxygen atoms in total. The van der Waals surface area contributed by atoms with E-state index in [-0.39, 0.29) is 5.97 Å². The molecule has 140 valence electrons. The molecule has 0 fully saturated rings. The Morgan fingerprint density at radius 3 is 2.26 bits per heavy atom. The Kier molecular flexibility index (Phi) is 5.97. The number of hydrogen-bond donors (Lipinski definition) is 0. The van der Waals surface area contributed by atoms with Gasteiger partial charge in [-0.3, -0.25) is 0 Å². The average Bonchev–Trinajstić information content (AvgIpc) is 3.20. The van der Waals surface area contributed by atoms with Gasteiger partial charge in [-0.15, -0.1) is 10.2 Å². The topological polar surface area (TPSA) is 83.7 Å². The molecular formula is C19H18N2O5S.